The number of carbonyl (C=O) groups is 2. The number of rotatable bonds is 5. The van der Waals surface area contributed by atoms with Gasteiger partial charge in [-0.15, -0.1) is 11.8 Å². The normalized spacial score (nSPS) is 9.29. The molecule has 0 fully saturated rings. The molecule has 2 N–H and O–H groups in total. The average Bonchev–Trinajstić information content (AvgIpc) is 2.09. The van der Waals surface area contributed by atoms with Crippen LogP contribution in [0.3, 0.4) is 0 Å². The molecule has 0 amide bonds. The van der Waals surface area contributed by atoms with E-state index in [0.717, 1.165) is 12.8 Å². The van der Waals surface area contributed by atoms with Gasteiger partial charge in [-0.25, -0.2) is 0 Å². The maximum Gasteiger partial charge on any atom is 0.318 e. The second-order valence-corrected chi connectivity index (χ2v) is 2.89. The molecule has 78 valence electrons. The summed E-state index contributed by atoms with van der Waals surface area (Å²) in [6.07, 6.45) is 2.56. The van der Waals surface area contributed by atoms with Crippen molar-refractivity contribution in [2.24, 2.45) is 5.92 Å². The number of unbranched alkanes of at least 4 members (excludes halogenated alkanes) is 2. The molecule has 0 rings (SSSR count). The molecule has 0 aliphatic rings. The number of hydrogen-bond donors (Lipinski definition) is 2. The van der Waals surface area contributed by atoms with E-state index in [1.54, 1.807) is 0 Å². The topological polar surface area (TPSA) is 74.6 Å². The van der Waals surface area contributed by atoms with Crippen molar-refractivity contribution in [1.82, 2.24) is 0 Å². The summed E-state index contributed by atoms with van der Waals surface area (Å²) in [4.78, 5) is 20.8. The summed E-state index contributed by atoms with van der Waals surface area (Å²) in [7, 11) is 0. The zero-order valence-corrected chi connectivity index (χ0v) is 8.12. The molecule has 0 radical (unpaired) electrons. The van der Waals surface area contributed by atoms with E-state index in [4.69, 9.17) is 10.2 Å². The quantitative estimate of drug-likeness (QED) is 0.397. The Hall–Kier alpha value is -1.50. The van der Waals surface area contributed by atoms with Crippen LogP contribution in [0.5, 0.6) is 0 Å². The fourth-order valence-electron chi connectivity index (χ4n) is 0.808. The van der Waals surface area contributed by atoms with Crippen LogP contribution in [0.1, 0.15) is 32.6 Å². The van der Waals surface area contributed by atoms with Gasteiger partial charge in [-0.2, -0.15) is 0 Å². The lowest BCUT2D eigenvalue weighted by molar-refractivity contribution is -0.154. The van der Waals surface area contributed by atoms with Gasteiger partial charge in [-0.1, -0.05) is 13.3 Å². The number of hydrogen-bond acceptors (Lipinski definition) is 2. The lowest BCUT2D eigenvalue weighted by atomic mass is 10.1. The van der Waals surface area contributed by atoms with Gasteiger partial charge < -0.3 is 10.2 Å². The lowest BCUT2D eigenvalue weighted by Gasteiger charge is -2.00. The summed E-state index contributed by atoms with van der Waals surface area (Å²) in [5.74, 6) is 1.26. The molecule has 0 unspecified atom stereocenters. The van der Waals surface area contributed by atoms with Gasteiger partial charge in [-0.3, -0.25) is 9.59 Å². The van der Waals surface area contributed by atoms with Gasteiger partial charge in [0.25, 0.3) is 0 Å². The van der Waals surface area contributed by atoms with E-state index in [9.17, 15) is 9.59 Å². The largest absolute Gasteiger partial charge is 0.481 e. The number of carboxylic acids is 2. The Morgan fingerprint density at radius 2 is 1.79 bits per heavy atom. The molecule has 0 heterocycles. The lowest BCUT2D eigenvalue weighted by Crippen LogP contribution is -2.22. The van der Waals surface area contributed by atoms with E-state index in [1.807, 2.05) is 6.92 Å². The highest BCUT2D eigenvalue weighted by molar-refractivity contribution is 5.93. The molecule has 0 atom stereocenters. The third kappa shape index (κ3) is 5.20. The maximum absolute atomic E-state index is 10.4. The van der Waals surface area contributed by atoms with Gasteiger partial charge in [0, 0.05) is 12.8 Å². The average molecular weight is 198 g/mol. The van der Waals surface area contributed by atoms with Gasteiger partial charge >= 0.3 is 11.9 Å². The van der Waals surface area contributed by atoms with Gasteiger partial charge in [0.1, 0.15) is 0 Å². The Balaban J connectivity index is 3.98. The molecule has 0 aliphatic carbocycles. The van der Waals surface area contributed by atoms with Crippen LogP contribution in [0.2, 0.25) is 0 Å². The van der Waals surface area contributed by atoms with Crippen LogP contribution in [0.4, 0.5) is 0 Å². The molecule has 0 bridgehead atoms. The Labute approximate surface area is 82.9 Å². The molecule has 4 heteroatoms. The molecule has 0 aromatic heterocycles. The Morgan fingerprint density at radius 1 is 1.21 bits per heavy atom. The van der Waals surface area contributed by atoms with Gasteiger partial charge in [0.15, 0.2) is 5.92 Å². The van der Waals surface area contributed by atoms with Gasteiger partial charge in [0.05, 0.1) is 0 Å². The molecule has 0 spiro atoms. The van der Waals surface area contributed by atoms with Gasteiger partial charge in [-0.05, 0) is 6.42 Å². The number of aliphatic carboxylic acids is 2. The summed E-state index contributed by atoms with van der Waals surface area (Å²) >= 11 is 0. The SMILES string of the molecule is CCCCC#CCC(C(=O)O)C(=O)O. The summed E-state index contributed by atoms with van der Waals surface area (Å²) in [6, 6.07) is 0. The summed E-state index contributed by atoms with van der Waals surface area (Å²) in [5.41, 5.74) is 0. The first kappa shape index (κ1) is 12.5. The van der Waals surface area contributed by atoms with E-state index < -0.39 is 17.9 Å². The highest BCUT2D eigenvalue weighted by atomic mass is 16.4. The van der Waals surface area contributed by atoms with Gasteiger partial charge in [0.2, 0.25) is 0 Å². The monoisotopic (exact) mass is 198 g/mol. The highest BCUT2D eigenvalue weighted by Crippen LogP contribution is 2.02. The Bertz CT molecular complexity index is 245. The van der Waals surface area contributed by atoms with Crippen LogP contribution in [-0.2, 0) is 9.59 Å². The van der Waals surface area contributed by atoms with E-state index in [1.165, 1.54) is 0 Å². The van der Waals surface area contributed by atoms with Crippen LogP contribution < -0.4 is 0 Å². The zero-order valence-electron chi connectivity index (χ0n) is 8.12. The molecular weight excluding hydrogens is 184 g/mol. The van der Waals surface area contributed by atoms with E-state index in [2.05, 4.69) is 11.8 Å². The third-order valence-electron chi connectivity index (χ3n) is 1.68. The molecule has 0 saturated heterocycles. The molecule has 0 aromatic carbocycles. The molecule has 14 heavy (non-hydrogen) atoms. The minimum Gasteiger partial charge on any atom is -0.481 e. The first-order valence-corrected chi connectivity index (χ1v) is 4.51. The fraction of sp³-hybridized carbons (Fsp3) is 0.600. The minimum atomic E-state index is -1.40. The van der Waals surface area contributed by atoms with E-state index in [0.29, 0.717) is 6.42 Å². The maximum atomic E-state index is 10.4. The molecule has 0 saturated carbocycles. The number of carboxylic acid groups (broad SMARTS) is 2. The first-order chi connectivity index (χ1) is 6.59. The van der Waals surface area contributed by atoms with Crippen LogP contribution in [0, 0.1) is 17.8 Å². The van der Waals surface area contributed by atoms with Crippen molar-refractivity contribution in [3.05, 3.63) is 0 Å². The highest BCUT2D eigenvalue weighted by Gasteiger charge is 2.24. The van der Waals surface area contributed by atoms with Crippen LogP contribution in [0.25, 0.3) is 0 Å². The predicted molar refractivity (Wildman–Crippen MR) is 50.7 cm³/mol. The zero-order chi connectivity index (χ0) is 11.0. The van der Waals surface area contributed by atoms with Crippen molar-refractivity contribution in [3.63, 3.8) is 0 Å². The van der Waals surface area contributed by atoms with Crippen molar-refractivity contribution in [3.8, 4) is 11.8 Å². The third-order valence-corrected chi connectivity index (χ3v) is 1.68. The molecule has 4 nitrogen and oxygen atoms in total. The van der Waals surface area contributed by atoms with E-state index >= 15 is 0 Å². The summed E-state index contributed by atoms with van der Waals surface area (Å²) in [6.45, 7) is 2.03. The molecular formula is C10H14O4. The standard InChI is InChI=1S/C10H14O4/c1-2-3-4-5-6-7-8(9(11)12)10(13)14/h8H,2-4,7H2,1H3,(H,11,12)(H,13,14). The smallest absolute Gasteiger partial charge is 0.318 e. The second-order valence-electron chi connectivity index (χ2n) is 2.89. The molecule has 0 aromatic rings. The van der Waals surface area contributed by atoms with Crippen molar-refractivity contribution in [2.45, 2.75) is 32.6 Å². The van der Waals surface area contributed by atoms with Crippen molar-refractivity contribution < 1.29 is 19.8 Å². The van der Waals surface area contributed by atoms with Crippen LogP contribution in [0.15, 0.2) is 0 Å². The Kier molecular flexibility index (Phi) is 6.21. The minimum absolute atomic E-state index is 0.117. The summed E-state index contributed by atoms with van der Waals surface area (Å²) in [5, 5.41) is 17.0. The first-order valence-electron chi connectivity index (χ1n) is 4.51. The fourth-order valence-corrected chi connectivity index (χ4v) is 0.808. The van der Waals surface area contributed by atoms with E-state index in [-0.39, 0.29) is 6.42 Å². The molecule has 0 aliphatic heterocycles. The Morgan fingerprint density at radius 3 is 2.21 bits per heavy atom. The second kappa shape index (κ2) is 6.96. The van der Waals surface area contributed by atoms with Crippen LogP contribution >= 0.6 is 0 Å². The summed E-state index contributed by atoms with van der Waals surface area (Å²) < 4.78 is 0. The van der Waals surface area contributed by atoms with Crippen LogP contribution in [-0.4, -0.2) is 22.2 Å². The van der Waals surface area contributed by atoms with Crippen molar-refractivity contribution >= 4 is 11.9 Å². The van der Waals surface area contributed by atoms with Crippen molar-refractivity contribution in [1.29, 1.82) is 0 Å². The van der Waals surface area contributed by atoms with Crippen molar-refractivity contribution in [2.75, 3.05) is 0 Å². The predicted octanol–water partition coefficient (Wildman–Crippen LogP) is 1.36.